The van der Waals surface area contributed by atoms with Crippen molar-refractivity contribution < 1.29 is 28.5 Å². The molecule has 1 atom stereocenters. The molecule has 8 nitrogen and oxygen atoms in total. The number of nitriles is 1. The van der Waals surface area contributed by atoms with Crippen molar-refractivity contribution in [2.75, 3.05) is 13.7 Å². The van der Waals surface area contributed by atoms with E-state index < -0.39 is 11.9 Å². The van der Waals surface area contributed by atoms with Crippen LogP contribution in [0.15, 0.2) is 96.4 Å². The van der Waals surface area contributed by atoms with E-state index in [2.05, 4.69) is 6.07 Å². The van der Waals surface area contributed by atoms with Gasteiger partial charge >= 0.3 is 5.97 Å². The predicted octanol–water partition coefficient (Wildman–Crippen LogP) is 6.09. The maximum atomic E-state index is 12.5. The van der Waals surface area contributed by atoms with E-state index in [1.54, 1.807) is 31.4 Å². The molecule has 1 aliphatic heterocycles. The number of rotatable bonds is 9. The number of ether oxygens (including phenoxy) is 5. The van der Waals surface area contributed by atoms with Crippen LogP contribution in [0, 0.1) is 25.2 Å². The van der Waals surface area contributed by atoms with Crippen LogP contribution in [0.3, 0.4) is 0 Å². The first kappa shape index (κ1) is 28.1. The van der Waals surface area contributed by atoms with Gasteiger partial charge in [-0.25, -0.2) is 4.79 Å². The minimum absolute atomic E-state index is 0.0278. The summed E-state index contributed by atoms with van der Waals surface area (Å²) in [6, 6.07) is 28.2. The molecule has 212 valence electrons. The van der Waals surface area contributed by atoms with E-state index in [1.807, 2.05) is 74.5 Å². The molecule has 4 aromatic rings. The number of hydrogen-bond donors (Lipinski definition) is 1. The first-order valence-corrected chi connectivity index (χ1v) is 13.3. The molecule has 5 rings (SSSR count). The van der Waals surface area contributed by atoms with Crippen LogP contribution in [0.25, 0.3) is 0 Å². The second kappa shape index (κ2) is 12.4. The first-order valence-electron chi connectivity index (χ1n) is 13.3. The van der Waals surface area contributed by atoms with Crippen molar-refractivity contribution in [2.45, 2.75) is 26.4 Å². The Morgan fingerprint density at radius 3 is 2.45 bits per heavy atom. The van der Waals surface area contributed by atoms with Crippen LogP contribution in [-0.2, 0) is 11.4 Å². The van der Waals surface area contributed by atoms with Gasteiger partial charge in [-0.3, -0.25) is 0 Å². The summed E-state index contributed by atoms with van der Waals surface area (Å²) in [7, 11) is 1.56. The summed E-state index contributed by atoms with van der Waals surface area (Å²) in [4.78, 5) is 12.5. The molecule has 0 radical (unpaired) electrons. The van der Waals surface area contributed by atoms with E-state index in [9.17, 15) is 10.1 Å². The topological polar surface area (TPSA) is 113 Å². The van der Waals surface area contributed by atoms with Gasteiger partial charge in [0.05, 0.1) is 13.0 Å². The minimum atomic E-state index is -0.572. The van der Waals surface area contributed by atoms with Crippen LogP contribution in [-0.4, -0.2) is 19.7 Å². The number of carbonyl (C=O) groups excluding carboxylic acids is 1. The summed E-state index contributed by atoms with van der Waals surface area (Å²) in [5.41, 5.74) is 11.0. The third-order valence-electron chi connectivity index (χ3n) is 6.90. The second-order valence-electron chi connectivity index (χ2n) is 9.84. The van der Waals surface area contributed by atoms with Crippen LogP contribution in [0.2, 0.25) is 0 Å². The van der Waals surface area contributed by atoms with Crippen LogP contribution in [0.5, 0.6) is 28.7 Å². The monoisotopic (exact) mass is 562 g/mol. The zero-order chi connectivity index (χ0) is 29.6. The first-order chi connectivity index (χ1) is 20.4. The molecule has 8 heteroatoms. The van der Waals surface area contributed by atoms with E-state index in [4.69, 9.17) is 29.4 Å². The fourth-order valence-electron chi connectivity index (χ4n) is 4.69. The number of carbonyl (C=O) groups is 1. The summed E-state index contributed by atoms with van der Waals surface area (Å²) in [5, 5.41) is 9.97. The Kier molecular flexibility index (Phi) is 8.30. The van der Waals surface area contributed by atoms with Crippen LogP contribution >= 0.6 is 0 Å². The molecule has 0 spiro atoms. The molecule has 0 bridgehead atoms. The molecule has 0 saturated carbocycles. The molecule has 0 aromatic heterocycles. The normalized spacial score (nSPS) is 13.8. The SMILES string of the molecule is COc1cc(C2C(C#N)=C(N)Oc3cc(OC(=O)COc4ccccc4C)ccc32)ccc1OCc1ccc(C)cc1. The Morgan fingerprint density at radius 2 is 1.71 bits per heavy atom. The molecule has 0 amide bonds. The van der Waals surface area contributed by atoms with Gasteiger partial charge in [-0.2, -0.15) is 5.26 Å². The Labute approximate surface area is 244 Å². The zero-order valence-electron chi connectivity index (χ0n) is 23.5. The molecule has 1 aliphatic rings. The molecule has 2 N–H and O–H groups in total. The number of allylic oxidation sites excluding steroid dienone is 1. The lowest BCUT2D eigenvalue weighted by atomic mass is 9.83. The van der Waals surface area contributed by atoms with E-state index in [0.717, 1.165) is 16.7 Å². The molecule has 1 heterocycles. The van der Waals surface area contributed by atoms with E-state index in [-0.39, 0.29) is 23.8 Å². The van der Waals surface area contributed by atoms with Crippen LogP contribution in [0.1, 0.15) is 33.7 Å². The van der Waals surface area contributed by atoms with Gasteiger partial charge in [0.25, 0.3) is 0 Å². The lowest BCUT2D eigenvalue weighted by Crippen LogP contribution is -2.22. The van der Waals surface area contributed by atoms with Gasteiger partial charge in [-0.1, -0.05) is 60.2 Å². The molecular formula is C34H30N2O6. The highest BCUT2D eigenvalue weighted by Gasteiger charge is 2.32. The van der Waals surface area contributed by atoms with Crippen molar-refractivity contribution in [3.8, 4) is 34.8 Å². The standard InChI is InChI=1S/C34H30N2O6/c1-21-8-10-23(11-9-21)19-39-29-15-12-24(16-31(29)38-3)33-26-14-13-25(17-30(26)42-34(36)27(33)18-35)41-32(37)20-40-28-7-5-4-6-22(28)2/h4-17,33H,19-20,36H2,1-3H3. The highest BCUT2D eigenvalue weighted by atomic mass is 16.6. The Bertz CT molecular complexity index is 1690. The highest BCUT2D eigenvalue weighted by molar-refractivity contribution is 5.74. The maximum absolute atomic E-state index is 12.5. The number of aryl methyl sites for hydroxylation is 2. The van der Waals surface area contributed by atoms with E-state index in [0.29, 0.717) is 35.2 Å². The average Bonchev–Trinajstić information content (AvgIpc) is 2.99. The summed E-state index contributed by atoms with van der Waals surface area (Å²) in [6.45, 7) is 4.05. The van der Waals surface area contributed by atoms with Crippen molar-refractivity contribution in [3.05, 3.63) is 124 Å². The smallest absolute Gasteiger partial charge is 0.349 e. The van der Waals surface area contributed by atoms with Gasteiger partial charge in [0.1, 0.15) is 35.5 Å². The third-order valence-corrected chi connectivity index (χ3v) is 6.90. The zero-order valence-corrected chi connectivity index (χ0v) is 23.5. The third kappa shape index (κ3) is 6.16. The Balaban J connectivity index is 1.36. The maximum Gasteiger partial charge on any atom is 0.349 e. The number of methoxy groups -OCH3 is 1. The van der Waals surface area contributed by atoms with Crippen molar-refractivity contribution >= 4 is 5.97 Å². The van der Waals surface area contributed by atoms with E-state index >= 15 is 0 Å². The Hall–Kier alpha value is -5.42. The number of benzene rings is 4. The lowest BCUT2D eigenvalue weighted by Gasteiger charge is -2.27. The number of nitrogens with two attached hydrogens (primary N) is 1. The fraction of sp³-hybridized carbons (Fsp3) is 0.176. The number of esters is 1. The van der Waals surface area contributed by atoms with Gasteiger partial charge in [-0.15, -0.1) is 0 Å². The van der Waals surface area contributed by atoms with Gasteiger partial charge in [0.2, 0.25) is 5.88 Å². The number of para-hydroxylation sites is 1. The van der Waals surface area contributed by atoms with Gasteiger partial charge < -0.3 is 29.4 Å². The summed E-state index contributed by atoms with van der Waals surface area (Å²) < 4.78 is 28.5. The van der Waals surface area contributed by atoms with Crippen molar-refractivity contribution in [2.24, 2.45) is 5.73 Å². The number of nitrogens with zero attached hydrogens (tertiary/aromatic N) is 1. The van der Waals surface area contributed by atoms with Gasteiger partial charge in [0.15, 0.2) is 18.1 Å². The van der Waals surface area contributed by atoms with Crippen LogP contribution in [0.4, 0.5) is 0 Å². The largest absolute Gasteiger partial charge is 0.493 e. The molecule has 0 aliphatic carbocycles. The van der Waals surface area contributed by atoms with Crippen LogP contribution < -0.4 is 29.4 Å². The molecule has 0 fully saturated rings. The predicted molar refractivity (Wildman–Crippen MR) is 157 cm³/mol. The summed E-state index contributed by atoms with van der Waals surface area (Å²) in [6.07, 6.45) is 0. The number of fused-ring (bicyclic) bond motifs is 1. The van der Waals surface area contributed by atoms with Crippen molar-refractivity contribution in [3.63, 3.8) is 0 Å². The lowest BCUT2D eigenvalue weighted by molar-refractivity contribution is -0.136. The van der Waals surface area contributed by atoms with E-state index in [1.165, 1.54) is 5.56 Å². The minimum Gasteiger partial charge on any atom is -0.493 e. The summed E-state index contributed by atoms with van der Waals surface area (Å²) in [5.74, 6) is 1.19. The fourth-order valence-corrected chi connectivity index (χ4v) is 4.69. The summed E-state index contributed by atoms with van der Waals surface area (Å²) >= 11 is 0. The van der Waals surface area contributed by atoms with Gasteiger partial charge in [0, 0.05) is 11.6 Å². The van der Waals surface area contributed by atoms with Crippen molar-refractivity contribution in [1.29, 1.82) is 5.26 Å². The molecule has 1 unspecified atom stereocenters. The highest BCUT2D eigenvalue weighted by Crippen LogP contribution is 2.45. The second-order valence-corrected chi connectivity index (χ2v) is 9.84. The number of hydrogen-bond acceptors (Lipinski definition) is 8. The quantitative estimate of drug-likeness (QED) is 0.193. The average molecular weight is 563 g/mol. The molecular weight excluding hydrogens is 532 g/mol. The van der Waals surface area contributed by atoms with Crippen molar-refractivity contribution in [1.82, 2.24) is 0 Å². The molecule has 4 aromatic carbocycles. The van der Waals surface area contributed by atoms with Gasteiger partial charge in [-0.05, 0) is 54.8 Å². The molecule has 42 heavy (non-hydrogen) atoms. The molecule has 0 saturated heterocycles. The Morgan fingerprint density at radius 1 is 0.929 bits per heavy atom.